The summed E-state index contributed by atoms with van der Waals surface area (Å²) in [6.07, 6.45) is 1.63. The molecule has 2 N–H and O–H groups in total. The molecule has 1 aromatic carbocycles. The van der Waals surface area contributed by atoms with Gasteiger partial charge >= 0.3 is 0 Å². The van der Waals surface area contributed by atoms with Gasteiger partial charge in [-0.25, -0.2) is 14.4 Å². The van der Waals surface area contributed by atoms with Crippen molar-refractivity contribution in [1.29, 1.82) is 0 Å². The van der Waals surface area contributed by atoms with Gasteiger partial charge < -0.3 is 15.4 Å². The fraction of sp³-hybridized carbons (Fsp3) is 0.167. The predicted molar refractivity (Wildman–Crippen MR) is 98.9 cm³/mol. The monoisotopic (exact) mass is 416 g/mol. The zero-order valence-corrected chi connectivity index (χ0v) is 15.1. The largest absolute Gasteiger partial charge is 0.487 e. The lowest BCUT2D eigenvalue weighted by Gasteiger charge is -2.28. The van der Waals surface area contributed by atoms with Crippen LogP contribution in [-0.2, 0) is 0 Å². The lowest BCUT2D eigenvalue weighted by atomic mass is 10.1. The average Bonchev–Trinajstić information content (AvgIpc) is 2.59. The Kier molecular flexibility index (Phi) is 4.52. The molecule has 8 heteroatoms. The van der Waals surface area contributed by atoms with Crippen LogP contribution in [0.2, 0.25) is 0 Å². The van der Waals surface area contributed by atoms with Crippen molar-refractivity contribution in [2.75, 3.05) is 18.4 Å². The van der Waals surface area contributed by atoms with Gasteiger partial charge in [-0.15, -0.1) is 0 Å². The number of pyridine rings is 2. The summed E-state index contributed by atoms with van der Waals surface area (Å²) in [5.41, 5.74) is 0.390. The van der Waals surface area contributed by atoms with Gasteiger partial charge in [-0.1, -0.05) is 0 Å². The van der Waals surface area contributed by atoms with Gasteiger partial charge in [0, 0.05) is 24.7 Å². The first-order chi connectivity index (χ1) is 12.6. The number of ether oxygens (including phenoxy) is 1. The summed E-state index contributed by atoms with van der Waals surface area (Å²) in [4.78, 5) is 20.9. The maximum absolute atomic E-state index is 14.3. The maximum Gasteiger partial charge on any atom is 0.259 e. The molecule has 1 saturated heterocycles. The molecule has 0 radical (unpaired) electrons. The second kappa shape index (κ2) is 6.97. The molecule has 0 spiro atoms. The van der Waals surface area contributed by atoms with Crippen molar-refractivity contribution < 1.29 is 13.9 Å². The van der Waals surface area contributed by atoms with Crippen molar-refractivity contribution in [1.82, 2.24) is 15.3 Å². The Morgan fingerprint density at radius 1 is 1.31 bits per heavy atom. The molecule has 0 bridgehead atoms. The van der Waals surface area contributed by atoms with Crippen LogP contribution in [0.15, 0.2) is 47.1 Å². The highest BCUT2D eigenvalue weighted by molar-refractivity contribution is 9.10. The minimum atomic E-state index is -0.646. The minimum Gasteiger partial charge on any atom is -0.487 e. The third-order valence-electron chi connectivity index (χ3n) is 4.01. The number of halogens is 2. The number of carbonyl (C=O) groups excluding carboxylic acids is 1. The summed E-state index contributed by atoms with van der Waals surface area (Å²) >= 11 is 3.27. The molecule has 1 aliphatic rings. The SMILES string of the molecule is O=C(Nc1ccc2cccnc2n1)c1cc(OC2CNC2)c(Br)cc1F. The fourth-order valence-corrected chi connectivity index (χ4v) is 2.93. The van der Waals surface area contributed by atoms with Crippen molar-refractivity contribution in [2.45, 2.75) is 6.10 Å². The van der Waals surface area contributed by atoms with E-state index in [-0.39, 0.29) is 11.7 Å². The molecular formula is C18H14BrFN4O2. The summed E-state index contributed by atoms with van der Waals surface area (Å²) < 4.78 is 20.5. The van der Waals surface area contributed by atoms with E-state index in [1.54, 1.807) is 24.4 Å². The summed E-state index contributed by atoms with van der Waals surface area (Å²) in [6.45, 7) is 1.44. The minimum absolute atomic E-state index is 0.0147. The van der Waals surface area contributed by atoms with Crippen LogP contribution in [0.5, 0.6) is 5.75 Å². The van der Waals surface area contributed by atoms with E-state index in [0.29, 0.717) is 21.7 Å². The first kappa shape index (κ1) is 16.9. The van der Waals surface area contributed by atoms with E-state index in [1.807, 2.05) is 6.07 Å². The van der Waals surface area contributed by atoms with Crippen LogP contribution in [0.25, 0.3) is 11.0 Å². The van der Waals surface area contributed by atoms with E-state index < -0.39 is 11.7 Å². The number of hydrogen-bond donors (Lipinski definition) is 2. The standard InChI is InChI=1S/C18H14BrFN4O2/c19-13-7-14(20)12(6-15(13)26-11-8-21-9-11)18(25)24-16-4-3-10-2-1-5-22-17(10)23-16/h1-7,11,21H,8-9H2,(H,22,23,24,25). The van der Waals surface area contributed by atoms with Gasteiger partial charge in [-0.05, 0) is 52.3 Å². The second-order valence-electron chi connectivity index (χ2n) is 5.86. The van der Waals surface area contributed by atoms with E-state index >= 15 is 0 Å². The maximum atomic E-state index is 14.3. The van der Waals surface area contributed by atoms with E-state index in [2.05, 4.69) is 36.5 Å². The van der Waals surface area contributed by atoms with Crippen molar-refractivity contribution in [3.63, 3.8) is 0 Å². The van der Waals surface area contributed by atoms with Crippen molar-refractivity contribution in [2.24, 2.45) is 0 Å². The van der Waals surface area contributed by atoms with Crippen LogP contribution in [0, 0.1) is 5.82 Å². The van der Waals surface area contributed by atoms with E-state index in [0.717, 1.165) is 18.5 Å². The smallest absolute Gasteiger partial charge is 0.259 e. The van der Waals surface area contributed by atoms with Gasteiger partial charge in [-0.3, -0.25) is 4.79 Å². The number of benzene rings is 1. The molecule has 132 valence electrons. The van der Waals surface area contributed by atoms with Crippen LogP contribution >= 0.6 is 15.9 Å². The Hall–Kier alpha value is -2.58. The number of amides is 1. The molecule has 2 aromatic heterocycles. The van der Waals surface area contributed by atoms with Crippen LogP contribution < -0.4 is 15.4 Å². The lowest BCUT2D eigenvalue weighted by Crippen LogP contribution is -2.50. The summed E-state index contributed by atoms with van der Waals surface area (Å²) in [6, 6.07) is 9.74. The lowest BCUT2D eigenvalue weighted by molar-refractivity contribution is 0.102. The zero-order chi connectivity index (χ0) is 18.1. The molecule has 0 saturated carbocycles. The van der Waals surface area contributed by atoms with Crippen molar-refractivity contribution in [3.8, 4) is 5.75 Å². The zero-order valence-electron chi connectivity index (χ0n) is 13.5. The van der Waals surface area contributed by atoms with Crippen LogP contribution in [0.4, 0.5) is 10.2 Å². The normalized spacial score (nSPS) is 14.1. The van der Waals surface area contributed by atoms with Crippen molar-refractivity contribution in [3.05, 3.63) is 58.4 Å². The molecule has 1 aliphatic heterocycles. The van der Waals surface area contributed by atoms with Gasteiger partial charge in [0.15, 0.2) is 5.65 Å². The Morgan fingerprint density at radius 2 is 2.15 bits per heavy atom. The molecule has 4 rings (SSSR count). The first-order valence-corrected chi connectivity index (χ1v) is 8.79. The topological polar surface area (TPSA) is 76.1 Å². The highest BCUT2D eigenvalue weighted by atomic mass is 79.9. The molecule has 1 fully saturated rings. The first-order valence-electron chi connectivity index (χ1n) is 8.00. The van der Waals surface area contributed by atoms with Crippen LogP contribution in [-0.4, -0.2) is 35.1 Å². The molecule has 0 unspecified atom stereocenters. The Labute approximate surface area is 156 Å². The van der Waals surface area contributed by atoms with Gasteiger partial charge in [0.1, 0.15) is 23.5 Å². The van der Waals surface area contributed by atoms with Gasteiger partial charge in [-0.2, -0.15) is 0 Å². The molecule has 0 aliphatic carbocycles. The van der Waals surface area contributed by atoms with Gasteiger partial charge in [0.25, 0.3) is 5.91 Å². The summed E-state index contributed by atoms with van der Waals surface area (Å²) in [5.74, 6) is -0.521. The number of aromatic nitrogens is 2. The number of nitrogens with one attached hydrogen (secondary N) is 2. The molecule has 1 amide bonds. The molecule has 3 aromatic rings. The third kappa shape index (κ3) is 3.38. The van der Waals surface area contributed by atoms with Crippen molar-refractivity contribution >= 4 is 38.7 Å². The summed E-state index contributed by atoms with van der Waals surface area (Å²) in [5, 5.41) is 6.55. The molecule has 0 atom stereocenters. The van der Waals surface area contributed by atoms with Gasteiger partial charge in [0.2, 0.25) is 0 Å². The number of hydrogen-bond acceptors (Lipinski definition) is 5. The van der Waals surface area contributed by atoms with E-state index in [1.165, 1.54) is 12.1 Å². The molecule has 6 nitrogen and oxygen atoms in total. The quantitative estimate of drug-likeness (QED) is 0.683. The molecule has 3 heterocycles. The van der Waals surface area contributed by atoms with Crippen LogP contribution in [0.3, 0.4) is 0 Å². The third-order valence-corrected chi connectivity index (χ3v) is 4.63. The Morgan fingerprint density at radius 3 is 2.92 bits per heavy atom. The van der Waals surface area contributed by atoms with E-state index in [4.69, 9.17) is 4.74 Å². The molecular weight excluding hydrogens is 403 g/mol. The highest BCUT2D eigenvalue weighted by Gasteiger charge is 2.22. The van der Waals surface area contributed by atoms with Gasteiger partial charge in [0.05, 0.1) is 10.0 Å². The predicted octanol–water partition coefficient (Wildman–Crippen LogP) is 3.13. The molecule has 26 heavy (non-hydrogen) atoms. The Balaban J connectivity index is 1.58. The number of carbonyl (C=O) groups is 1. The Bertz CT molecular complexity index is 994. The van der Waals surface area contributed by atoms with Crippen LogP contribution in [0.1, 0.15) is 10.4 Å². The number of anilines is 1. The second-order valence-corrected chi connectivity index (χ2v) is 6.72. The number of fused-ring (bicyclic) bond motifs is 1. The highest BCUT2D eigenvalue weighted by Crippen LogP contribution is 2.30. The number of rotatable bonds is 4. The average molecular weight is 417 g/mol. The number of nitrogens with zero attached hydrogens (tertiary/aromatic N) is 2. The summed E-state index contributed by atoms with van der Waals surface area (Å²) in [7, 11) is 0. The fourth-order valence-electron chi connectivity index (χ4n) is 2.52. The van der Waals surface area contributed by atoms with E-state index in [9.17, 15) is 9.18 Å².